The van der Waals surface area contributed by atoms with Gasteiger partial charge in [0.1, 0.15) is 11.6 Å². The molecule has 16 heavy (non-hydrogen) atoms. The van der Waals surface area contributed by atoms with E-state index in [2.05, 4.69) is 10.1 Å². The Bertz CT molecular complexity index is 449. The van der Waals surface area contributed by atoms with E-state index in [4.69, 9.17) is 0 Å². The largest absolute Gasteiger partial charge is 0.253 e. The molecular weight excluding hydrogens is 226 g/mol. The van der Waals surface area contributed by atoms with Crippen LogP contribution in [0.15, 0.2) is 0 Å². The van der Waals surface area contributed by atoms with Crippen LogP contribution in [0.4, 0.5) is 0 Å². The fraction of sp³-hybridized carbons (Fsp3) is 0.800. The molecule has 0 N–H and O–H groups in total. The first-order valence-electron chi connectivity index (χ1n) is 5.16. The predicted molar refractivity (Wildman–Crippen MR) is 62.7 cm³/mol. The van der Waals surface area contributed by atoms with E-state index in [0.717, 1.165) is 5.82 Å². The fourth-order valence-corrected chi connectivity index (χ4v) is 3.43. The van der Waals surface area contributed by atoms with Crippen LogP contribution in [0.25, 0.3) is 0 Å². The van der Waals surface area contributed by atoms with E-state index >= 15 is 0 Å². The second-order valence-corrected chi connectivity index (χ2v) is 7.36. The molecule has 0 aliphatic carbocycles. The SMILES string of the molecule is Cc1nc(CS(=O)(=O)CC(C)(C)C)nn1C. The number of hydrogen-bond donors (Lipinski definition) is 0. The second-order valence-electron chi connectivity index (χ2n) is 5.29. The van der Waals surface area contributed by atoms with Gasteiger partial charge in [0.25, 0.3) is 0 Å². The van der Waals surface area contributed by atoms with Crippen molar-refractivity contribution in [1.29, 1.82) is 0 Å². The van der Waals surface area contributed by atoms with Crippen molar-refractivity contribution < 1.29 is 8.42 Å². The minimum atomic E-state index is -3.13. The standard InChI is InChI=1S/C10H19N3O2S/c1-8-11-9(12-13(8)5)6-16(14,15)7-10(2,3)4/h6-7H2,1-5H3. The summed E-state index contributed by atoms with van der Waals surface area (Å²) in [4.78, 5) is 4.10. The van der Waals surface area contributed by atoms with E-state index in [0.29, 0.717) is 5.82 Å². The minimum absolute atomic E-state index is 0.0774. The van der Waals surface area contributed by atoms with Crippen LogP contribution in [-0.4, -0.2) is 28.9 Å². The van der Waals surface area contributed by atoms with Gasteiger partial charge in [0.15, 0.2) is 15.7 Å². The third kappa shape index (κ3) is 3.92. The molecule has 5 nitrogen and oxygen atoms in total. The van der Waals surface area contributed by atoms with Crippen molar-refractivity contribution in [3.05, 3.63) is 11.6 Å². The summed E-state index contributed by atoms with van der Waals surface area (Å²) in [5.74, 6) is 1.17. The molecule has 0 radical (unpaired) electrons. The van der Waals surface area contributed by atoms with Crippen molar-refractivity contribution in [2.24, 2.45) is 12.5 Å². The van der Waals surface area contributed by atoms with Crippen molar-refractivity contribution >= 4 is 9.84 Å². The maximum atomic E-state index is 11.8. The normalized spacial score (nSPS) is 13.1. The summed E-state index contributed by atoms with van der Waals surface area (Å²) in [6.45, 7) is 7.51. The van der Waals surface area contributed by atoms with Crippen LogP contribution in [0.1, 0.15) is 32.4 Å². The van der Waals surface area contributed by atoms with E-state index in [1.165, 1.54) is 0 Å². The highest BCUT2D eigenvalue weighted by Crippen LogP contribution is 2.18. The molecule has 0 unspecified atom stereocenters. The maximum absolute atomic E-state index is 11.8. The van der Waals surface area contributed by atoms with Crippen molar-refractivity contribution in [2.75, 3.05) is 5.75 Å². The first-order valence-corrected chi connectivity index (χ1v) is 6.98. The van der Waals surface area contributed by atoms with Crippen LogP contribution in [0.5, 0.6) is 0 Å². The van der Waals surface area contributed by atoms with Gasteiger partial charge in [0.2, 0.25) is 0 Å². The lowest BCUT2D eigenvalue weighted by Crippen LogP contribution is -2.22. The molecule has 0 amide bonds. The molecule has 0 fully saturated rings. The quantitative estimate of drug-likeness (QED) is 0.799. The predicted octanol–water partition coefficient (Wildman–Crippen LogP) is 1.08. The van der Waals surface area contributed by atoms with E-state index in [1.54, 1.807) is 18.7 Å². The molecule has 0 atom stereocenters. The van der Waals surface area contributed by atoms with E-state index in [-0.39, 0.29) is 16.9 Å². The summed E-state index contributed by atoms with van der Waals surface area (Å²) >= 11 is 0. The van der Waals surface area contributed by atoms with Crippen LogP contribution in [-0.2, 0) is 22.6 Å². The molecule has 0 aliphatic rings. The van der Waals surface area contributed by atoms with Gasteiger partial charge in [-0.15, -0.1) is 0 Å². The van der Waals surface area contributed by atoms with Gasteiger partial charge in [-0.1, -0.05) is 20.8 Å². The second kappa shape index (κ2) is 4.16. The number of nitrogens with zero attached hydrogens (tertiary/aromatic N) is 3. The number of aromatic nitrogens is 3. The smallest absolute Gasteiger partial charge is 0.165 e. The monoisotopic (exact) mass is 245 g/mol. The van der Waals surface area contributed by atoms with Gasteiger partial charge in [-0.2, -0.15) is 5.10 Å². The van der Waals surface area contributed by atoms with Crippen molar-refractivity contribution in [3.63, 3.8) is 0 Å². The molecule has 0 aromatic carbocycles. The molecule has 0 saturated carbocycles. The average molecular weight is 245 g/mol. The topological polar surface area (TPSA) is 64.8 Å². The third-order valence-corrected chi connectivity index (χ3v) is 4.03. The van der Waals surface area contributed by atoms with E-state index < -0.39 is 9.84 Å². The fourth-order valence-electron chi connectivity index (χ4n) is 1.50. The Hall–Kier alpha value is -0.910. The summed E-state index contributed by atoms with van der Waals surface area (Å²) in [6.07, 6.45) is 0. The first-order chi connectivity index (χ1) is 7.09. The summed E-state index contributed by atoms with van der Waals surface area (Å²) in [5.41, 5.74) is -0.233. The van der Waals surface area contributed by atoms with Gasteiger partial charge < -0.3 is 0 Å². The molecule has 6 heteroatoms. The number of rotatable bonds is 3. The Morgan fingerprint density at radius 1 is 1.31 bits per heavy atom. The summed E-state index contributed by atoms with van der Waals surface area (Å²) in [6, 6.07) is 0. The number of sulfone groups is 1. The zero-order valence-electron chi connectivity index (χ0n) is 10.5. The first kappa shape index (κ1) is 13.2. The highest BCUT2D eigenvalue weighted by molar-refractivity contribution is 7.90. The van der Waals surface area contributed by atoms with Crippen molar-refractivity contribution in [1.82, 2.24) is 14.8 Å². The summed E-state index contributed by atoms with van der Waals surface area (Å²) < 4.78 is 25.3. The van der Waals surface area contributed by atoms with Crippen LogP contribution in [0.3, 0.4) is 0 Å². The van der Waals surface area contributed by atoms with Crippen LogP contribution in [0, 0.1) is 12.3 Å². The van der Waals surface area contributed by atoms with Crippen molar-refractivity contribution in [3.8, 4) is 0 Å². The van der Waals surface area contributed by atoms with Crippen LogP contribution < -0.4 is 0 Å². The van der Waals surface area contributed by atoms with Gasteiger partial charge in [-0.3, -0.25) is 4.68 Å². The molecule has 0 spiro atoms. The highest BCUT2D eigenvalue weighted by atomic mass is 32.2. The Morgan fingerprint density at radius 3 is 2.25 bits per heavy atom. The van der Waals surface area contributed by atoms with Gasteiger partial charge in [-0.05, 0) is 12.3 Å². The summed E-state index contributed by atoms with van der Waals surface area (Å²) in [7, 11) is -1.38. The Morgan fingerprint density at radius 2 is 1.88 bits per heavy atom. The Balaban J connectivity index is 2.81. The molecule has 1 aromatic rings. The molecule has 0 saturated heterocycles. The van der Waals surface area contributed by atoms with E-state index in [9.17, 15) is 8.42 Å². The van der Waals surface area contributed by atoms with Crippen LogP contribution in [0.2, 0.25) is 0 Å². The molecule has 1 rings (SSSR count). The molecule has 1 aromatic heterocycles. The molecule has 1 heterocycles. The zero-order valence-corrected chi connectivity index (χ0v) is 11.3. The molecular formula is C10H19N3O2S. The minimum Gasteiger partial charge on any atom is -0.253 e. The molecule has 0 bridgehead atoms. The maximum Gasteiger partial charge on any atom is 0.165 e. The summed E-state index contributed by atoms with van der Waals surface area (Å²) in [5, 5.41) is 4.05. The van der Waals surface area contributed by atoms with E-state index in [1.807, 2.05) is 20.8 Å². The molecule has 0 aliphatic heterocycles. The van der Waals surface area contributed by atoms with Gasteiger partial charge >= 0.3 is 0 Å². The Kier molecular flexibility index (Phi) is 3.42. The van der Waals surface area contributed by atoms with Crippen molar-refractivity contribution in [2.45, 2.75) is 33.4 Å². The lowest BCUT2D eigenvalue weighted by atomic mass is 10.0. The molecule has 92 valence electrons. The van der Waals surface area contributed by atoms with Gasteiger partial charge in [0, 0.05) is 7.05 Å². The zero-order chi connectivity index (χ0) is 12.6. The highest BCUT2D eigenvalue weighted by Gasteiger charge is 2.23. The number of aryl methyl sites for hydroxylation is 2. The van der Waals surface area contributed by atoms with Gasteiger partial charge in [0.05, 0.1) is 5.75 Å². The average Bonchev–Trinajstić information content (AvgIpc) is 2.23. The van der Waals surface area contributed by atoms with Crippen LogP contribution >= 0.6 is 0 Å². The lowest BCUT2D eigenvalue weighted by molar-refractivity contribution is 0.461. The number of hydrogen-bond acceptors (Lipinski definition) is 4. The third-order valence-electron chi connectivity index (χ3n) is 2.03. The lowest BCUT2D eigenvalue weighted by Gasteiger charge is -2.17. The van der Waals surface area contributed by atoms with Gasteiger partial charge in [-0.25, -0.2) is 13.4 Å². The Labute approximate surface area is 96.8 Å².